The Morgan fingerprint density at radius 2 is 2.41 bits per heavy atom. The smallest absolute Gasteiger partial charge is 0.0638 e. The van der Waals surface area contributed by atoms with E-state index in [0.29, 0.717) is 6.42 Å². The third-order valence-electron chi connectivity index (χ3n) is 3.11. The van der Waals surface area contributed by atoms with Gasteiger partial charge in [0.1, 0.15) is 0 Å². The van der Waals surface area contributed by atoms with Crippen LogP contribution < -0.4 is 10.2 Å². The number of nitriles is 1. The third kappa shape index (κ3) is 2.91. The topological polar surface area (TPSA) is 39.1 Å². The first-order valence-corrected chi connectivity index (χ1v) is 6.20. The molecule has 1 fully saturated rings. The lowest BCUT2D eigenvalue weighted by Gasteiger charge is -2.34. The second-order valence-electron chi connectivity index (χ2n) is 4.39. The Hall–Kier alpha value is -1.24. The van der Waals surface area contributed by atoms with Crippen molar-refractivity contribution in [2.45, 2.75) is 19.4 Å². The van der Waals surface area contributed by atoms with Gasteiger partial charge >= 0.3 is 0 Å². The van der Waals surface area contributed by atoms with E-state index in [9.17, 15) is 0 Å². The maximum absolute atomic E-state index is 8.73. The summed E-state index contributed by atoms with van der Waals surface area (Å²) in [5.41, 5.74) is 2.24. The molecule has 1 aromatic carbocycles. The molecule has 0 spiro atoms. The molecule has 1 aromatic rings. The summed E-state index contributed by atoms with van der Waals surface area (Å²) in [5.74, 6) is 0. The van der Waals surface area contributed by atoms with Gasteiger partial charge in [0.25, 0.3) is 0 Å². The molecule has 3 nitrogen and oxygen atoms in total. The van der Waals surface area contributed by atoms with Crippen LogP contribution in [0.25, 0.3) is 0 Å². The highest BCUT2D eigenvalue weighted by Crippen LogP contribution is 2.24. The van der Waals surface area contributed by atoms with Gasteiger partial charge in [-0.25, -0.2) is 0 Å². The molecule has 0 aromatic heterocycles. The van der Waals surface area contributed by atoms with E-state index in [-0.39, 0.29) is 6.04 Å². The number of nitrogens with one attached hydrogen (secondary N) is 1. The van der Waals surface area contributed by atoms with Crippen molar-refractivity contribution in [3.05, 3.63) is 28.8 Å². The first kappa shape index (κ1) is 12.2. The molecule has 1 aliphatic heterocycles. The molecule has 0 bridgehead atoms. The van der Waals surface area contributed by atoms with Crippen LogP contribution in [0.5, 0.6) is 0 Å². The van der Waals surface area contributed by atoms with Gasteiger partial charge in [-0.1, -0.05) is 17.7 Å². The number of piperazine rings is 1. The lowest BCUT2D eigenvalue weighted by atomic mass is 10.1. The Bertz CT molecular complexity index is 439. The molecule has 1 heterocycles. The van der Waals surface area contributed by atoms with Crippen molar-refractivity contribution >= 4 is 17.3 Å². The van der Waals surface area contributed by atoms with Crippen molar-refractivity contribution < 1.29 is 0 Å². The number of anilines is 1. The van der Waals surface area contributed by atoms with Crippen molar-refractivity contribution in [2.75, 3.05) is 24.5 Å². The summed E-state index contributed by atoms with van der Waals surface area (Å²) in [6, 6.07) is 8.61. The van der Waals surface area contributed by atoms with E-state index in [1.807, 2.05) is 19.1 Å². The zero-order valence-electron chi connectivity index (χ0n) is 9.91. The van der Waals surface area contributed by atoms with Gasteiger partial charge in [0.15, 0.2) is 0 Å². The minimum absolute atomic E-state index is 0.258. The van der Waals surface area contributed by atoms with Crippen molar-refractivity contribution in [3.8, 4) is 6.07 Å². The summed E-state index contributed by atoms with van der Waals surface area (Å²) < 4.78 is 0. The fraction of sp³-hybridized carbons (Fsp3) is 0.462. The SMILES string of the molecule is Cc1ccc(N2CCNC(CC#N)C2)cc1Cl. The minimum Gasteiger partial charge on any atom is -0.369 e. The molecule has 0 saturated carbocycles. The van der Waals surface area contributed by atoms with Crippen molar-refractivity contribution in [3.63, 3.8) is 0 Å². The summed E-state index contributed by atoms with van der Waals surface area (Å²) in [7, 11) is 0. The highest BCUT2D eigenvalue weighted by molar-refractivity contribution is 6.31. The highest BCUT2D eigenvalue weighted by atomic mass is 35.5. The number of nitrogens with zero attached hydrogens (tertiary/aromatic N) is 2. The first-order chi connectivity index (χ1) is 8.20. The van der Waals surface area contributed by atoms with Crippen LogP contribution in [-0.2, 0) is 0 Å². The molecule has 1 saturated heterocycles. The summed E-state index contributed by atoms with van der Waals surface area (Å²) in [6.45, 7) is 4.74. The van der Waals surface area contributed by atoms with Crippen molar-refractivity contribution in [1.82, 2.24) is 5.32 Å². The summed E-state index contributed by atoms with van der Waals surface area (Å²) in [6.07, 6.45) is 0.552. The molecular formula is C13H16ClN3. The van der Waals surface area contributed by atoms with Crippen LogP contribution in [0.4, 0.5) is 5.69 Å². The predicted octanol–water partition coefficient (Wildman–Crippen LogP) is 2.34. The van der Waals surface area contributed by atoms with Crippen LogP contribution in [0.1, 0.15) is 12.0 Å². The lowest BCUT2D eigenvalue weighted by Crippen LogP contribution is -2.50. The van der Waals surface area contributed by atoms with Gasteiger partial charge in [0.05, 0.1) is 12.5 Å². The monoisotopic (exact) mass is 249 g/mol. The van der Waals surface area contributed by atoms with Gasteiger partial charge in [-0.05, 0) is 24.6 Å². The Labute approximate surface area is 107 Å². The number of aryl methyl sites for hydroxylation is 1. The number of hydrogen-bond donors (Lipinski definition) is 1. The van der Waals surface area contributed by atoms with Crippen LogP contribution in [0.3, 0.4) is 0 Å². The van der Waals surface area contributed by atoms with Crippen LogP contribution in [0.15, 0.2) is 18.2 Å². The van der Waals surface area contributed by atoms with E-state index in [0.717, 1.165) is 35.9 Å². The largest absolute Gasteiger partial charge is 0.369 e. The minimum atomic E-state index is 0.258. The van der Waals surface area contributed by atoms with E-state index in [2.05, 4.69) is 22.4 Å². The zero-order valence-corrected chi connectivity index (χ0v) is 10.7. The molecule has 0 radical (unpaired) electrons. The second kappa shape index (κ2) is 5.39. The summed E-state index contributed by atoms with van der Waals surface area (Å²) in [5, 5.41) is 12.9. The normalized spacial score (nSPS) is 20.1. The third-order valence-corrected chi connectivity index (χ3v) is 3.52. The maximum Gasteiger partial charge on any atom is 0.0638 e. The van der Waals surface area contributed by atoms with Gasteiger partial charge < -0.3 is 10.2 Å². The molecular weight excluding hydrogens is 234 g/mol. The fourth-order valence-electron chi connectivity index (χ4n) is 2.09. The fourth-order valence-corrected chi connectivity index (χ4v) is 2.26. The Kier molecular flexibility index (Phi) is 3.88. The van der Waals surface area contributed by atoms with E-state index >= 15 is 0 Å². The predicted molar refractivity (Wildman–Crippen MR) is 70.4 cm³/mol. The van der Waals surface area contributed by atoms with Crippen LogP contribution in [-0.4, -0.2) is 25.7 Å². The Balaban J connectivity index is 2.11. The van der Waals surface area contributed by atoms with E-state index in [1.165, 1.54) is 0 Å². The molecule has 17 heavy (non-hydrogen) atoms. The molecule has 0 amide bonds. The lowest BCUT2D eigenvalue weighted by molar-refractivity contribution is 0.463. The van der Waals surface area contributed by atoms with Gasteiger partial charge in [0.2, 0.25) is 0 Å². The molecule has 1 N–H and O–H groups in total. The number of rotatable bonds is 2. The number of benzene rings is 1. The molecule has 1 unspecified atom stereocenters. The zero-order chi connectivity index (χ0) is 12.3. The van der Waals surface area contributed by atoms with Crippen molar-refractivity contribution in [1.29, 1.82) is 5.26 Å². The average Bonchev–Trinajstić information content (AvgIpc) is 2.33. The quantitative estimate of drug-likeness (QED) is 0.875. The Morgan fingerprint density at radius 3 is 3.12 bits per heavy atom. The van der Waals surface area contributed by atoms with E-state index < -0.39 is 0 Å². The number of halogens is 1. The highest BCUT2D eigenvalue weighted by Gasteiger charge is 2.19. The molecule has 1 atom stereocenters. The number of hydrogen-bond acceptors (Lipinski definition) is 3. The summed E-state index contributed by atoms with van der Waals surface area (Å²) >= 11 is 6.14. The second-order valence-corrected chi connectivity index (χ2v) is 4.80. The van der Waals surface area contributed by atoms with Gasteiger partial charge in [-0.15, -0.1) is 0 Å². The van der Waals surface area contributed by atoms with Crippen LogP contribution in [0.2, 0.25) is 5.02 Å². The average molecular weight is 250 g/mol. The van der Waals surface area contributed by atoms with Gasteiger partial charge in [-0.3, -0.25) is 0 Å². The van der Waals surface area contributed by atoms with Crippen molar-refractivity contribution in [2.24, 2.45) is 0 Å². The van der Waals surface area contributed by atoms with E-state index in [4.69, 9.17) is 16.9 Å². The molecule has 2 rings (SSSR count). The van der Waals surface area contributed by atoms with E-state index in [1.54, 1.807) is 0 Å². The molecule has 90 valence electrons. The maximum atomic E-state index is 8.73. The van der Waals surface area contributed by atoms with Crippen LogP contribution >= 0.6 is 11.6 Å². The first-order valence-electron chi connectivity index (χ1n) is 5.82. The molecule has 0 aliphatic carbocycles. The van der Waals surface area contributed by atoms with Crippen LogP contribution in [0, 0.1) is 18.3 Å². The molecule has 4 heteroatoms. The summed E-state index contributed by atoms with van der Waals surface area (Å²) in [4.78, 5) is 2.28. The Morgan fingerprint density at radius 1 is 1.59 bits per heavy atom. The van der Waals surface area contributed by atoms with Gasteiger partial charge in [0, 0.05) is 36.4 Å². The van der Waals surface area contributed by atoms with Gasteiger partial charge in [-0.2, -0.15) is 5.26 Å². The molecule has 1 aliphatic rings. The standard InChI is InChI=1S/C13H16ClN3/c1-10-2-3-12(8-13(10)14)17-7-6-16-11(9-17)4-5-15/h2-3,8,11,16H,4,6-7,9H2,1H3.